The summed E-state index contributed by atoms with van der Waals surface area (Å²) in [7, 11) is 0. The van der Waals surface area contributed by atoms with Crippen LogP contribution in [0.2, 0.25) is 0 Å². The molecule has 3 aromatic heterocycles. The zero-order valence-electron chi connectivity index (χ0n) is 19.4. The Morgan fingerprint density at radius 3 is 2.25 bits per heavy atom. The van der Waals surface area contributed by atoms with Crippen LogP contribution in [0.1, 0.15) is 0 Å². The number of pyridine rings is 2. The van der Waals surface area contributed by atoms with E-state index in [-0.39, 0.29) is 0 Å². The van der Waals surface area contributed by atoms with E-state index in [0.717, 1.165) is 44.5 Å². The zero-order valence-corrected chi connectivity index (χ0v) is 19.4. The molecule has 4 heteroatoms. The predicted molar refractivity (Wildman–Crippen MR) is 146 cm³/mol. The first-order valence-electron chi connectivity index (χ1n) is 11.9. The fourth-order valence-corrected chi connectivity index (χ4v) is 4.91. The van der Waals surface area contributed by atoms with Gasteiger partial charge in [0.25, 0.3) is 0 Å². The number of rotatable bonds is 4. The Morgan fingerprint density at radius 1 is 0.528 bits per heavy atom. The number of para-hydroxylation sites is 1. The molecule has 36 heavy (non-hydrogen) atoms. The van der Waals surface area contributed by atoms with Gasteiger partial charge in [-0.25, -0.2) is 9.97 Å². The normalized spacial score (nSPS) is 11.3. The van der Waals surface area contributed by atoms with Crippen molar-refractivity contribution >= 4 is 32.6 Å². The summed E-state index contributed by atoms with van der Waals surface area (Å²) < 4.78 is 8.49. The number of ether oxygens (including phenoxy) is 1. The topological polar surface area (TPSA) is 39.9 Å². The third-order valence-corrected chi connectivity index (χ3v) is 6.57. The van der Waals surface area contributed by atoms with E-state index < -0.39 is 0 Å². The van der Waals surface area contributed by atoms with Crippen molar-refractivity contribution in [3.63, 3.8) is 0 Å². The predicted octanol–water partition coefficient (Wildman–Crippen LogP) is 8.19. The van der Waals surface area contributed by atoms with Gasteiger partial charge in [-0.1, -0.05) is 66.7 Å². The van der Waals surface area contributed by atoms with E-state index in [2.05, 4.69) is 75.2 Å². The highest BCUT2D eigenvalue weighted by atomic mass is 16.5. The van der Waals surface area contributed by atoms with Crippen molar-refractivity contribution in [1.29, 1.82) is 0 Å². The molecule has 0 N–H and O–H groups in total. The molecule has 0 amide bonds. The van der Waals surface area contributed by atoms with Crippen molar-refractivity contribution in [3.05, 3.63) is 128 Å². The summed E-state index contributed by atoms with van der Waals surface area (Å²) >= 11 is 0. The Kier molecular flexibility index (Phi) is 4.74. The van der Waals surface area contributed by atoms with Gasteiger partial charge < -0.3 is 4.74 Å². The molecule has 3 heterocycles. The van der Waals surface area contributed by atoms with E-state index in [1.54, 1.807) is 6.20 Å². The minimum Gasteiger partial charge on any atom is -0.438 e. The van der Waals surface area contributed by atoms with Gasteiger partial charge in [-0.2, -0.15) is 0 Å². The summed E-state index contributed by atoms with van der Waals surface area (Å²) in [5.74, 6) is 2.26. The SMILES string of the molecule is c1ccc(-n2c3ccccc3c3ccc(-c4cccc(Oc5nccc6ccccc56)c4)cc32)nc1. The number of nitrogens with zero attached hydrogens (tertiary/aromatic N) is 3. The molecule has 0 radical (unpaired) electrons. The summed E-state index contributed by atoms with van der Waals surface area (Å²) in [6, 6.07) is 39.4. The second-order valence-electron chi connectivity index (χ2n) is 8.74. The molecule has 7 rings (SSSR count). The fraction of sp³-hybridized carbons (Fsp3) is 0. The second-order valence-corrected chi connectivity index (χ2v) is 8.74. The first-order valence-corrected chi connectivity index (χ1v) is 11.9. The molecule has 0 spiro atoms. The van der Waals surface area contributed by atoms with E-state index in [9.17, 15) is 0 Å². The van der Waals surface area contributed by atoms with Crippen LogP contribution in [0.4, 0.5) is 0 Å². The lowest BCUT2D eigenvalue weighted by atomic mass is 10.0. The van der Waals surface area contributed by atoms with E-state index in [4.69, 9.17) is 4.74 Å². The van der Waals surface area contributed by atoms with Gasteiger partial charge in [-0.05, 0) is 65.0 Å². The standard InChI is InChI=1S/C32H21N3O/c1-2-11-26-22(8-1)17-19-34-32(26)36-25-10-7-9-23(20-25)24-15-16-28-27-12-3-4-13-29(27)35(30(28)21-24)31-14-5-6-18-33-31/h1-21H. The molecular formula is C32H21N3O. The minimum absolute atomic E-state index is 0.607. The van der Waals surface area contributed by atoms with Gasteiger partial charge in [-0.15, -0.1) is 0 Å². The molecule has 0 aliphatic heterocycles. The number of benzene rings is 4. The maximum absolute atomic E-state index is 6.26. The van der Waals surface area contributed by atoms with Crippen LogP contribution < -0.4 is 4.74 Å². The number of fused-ring (bicyclic) bond motifs is 4. The fourth-order valence-electron chi connectivity index (χ4n) is 4.91. The number of hydrogen-bond acceptors (Lipinski definition) is 3. The van der Waals surface area contributed by atoms with Crippen molar-refractivity contribution < 1.29 is 4.74 Å². The molecule has 0 saturated carbocycles. The van der Waals surface area contributed by atoms with Crippen molar-refractivity contribution in [3.8, 4) is 28.6 Å². The highest BCUT2D eigenvalue weighted by Gasteiger charge is 2.14. The van der Waals surface area contributed by atoms with Crippen LogP contribution in [0.3, 0.4) is 0 Å². The smallest absolute Gasteiger partial charge is 0.227 e. The van der Waals surface area contributed by atoms with Crippen molar-refractivity contribution in [2.75, 3.05) is 0 Å². The maximum atomic E-state index is 6.26. The van der Waals surface area contributed by atoms with Crippen LogP contribution in [-0.2, 0) is 0 Å². The van der Waals surface area contributed by atoms with Gasteiger partial charge in [-0.3, -0.25) is 4.57 Å². The van der Waals surface area contributed by atoms with E-state index in [1.165, 1.54) is 10.8 Å². The third-order valence-electron chi connectivity index (χ3n) is 6.57. The Hall–Kier alpha value is -4.96. The molecular weight excluding hydrogens is 442 g/mol. The summed E-state index contributed by atoms with van der Waals surface area (Å²) in [6.07, 6.45) is 3.62. The van der Waals surface area contributed by atoms with Crippen molar-refractivity contribution in [2.24, 2.45) is 0 Å². The van der Waals surface area contributed by atoms with Gasteiger partial charge >= 0.3 is 0 Å². The Balaban J connectivity index is 1.35. The average Bonchev–Trinajstić information content (AvgIpc) is 3.28. The van der Waals surface area contributed by atoms with Crippen molar-refractivity contribution in [2.45, 2.75) is 0 Å². The van der Waals surface area contributed by atoms with Gasteiger partial charge in [0.1, 0.15) is 11.6 Å². The molecule has 0 unspecified atom stereocenters. The highest BCUT2D eigenvalue weighted by molar-refractivity contribution is 6.10. The van der Waals surface area contributed by atoms with Crippen LogP contribution in [0.5, 0.6) is 11.6 Å². The van der Waals surface area contributed by atoms with Crippen molar-refractivity contribution in [1.82, 2.24) is 14.5 Å². The molecule has 0 aliphatic rings. The van der Waals surface area contributed by atoms with E-state index >= 15 is 0 Å². The number of aromatic nitrogens is 3. The molecule has 170 valence electrons. The van der Waals surface area contributed by atoms with Crippen LogP contribution in [0.15, 0.2) is 128 Å². The minimum atomic E-state index is 0.607. The average molecular weight is 464 g/mol. The lowest BCUT2D eigenvalue weighted by Gasteiger charge is -2.10. The quantitative estimate of drug-likeness (QED) is 0.264. The van der Waals surface area contributed by atoms with Crippen LogP contribution in [0.25, 0.3) is 49.5 Å². The summed E-state index contributed by atoms with van der Waals surface area (Å²) in [5, 5.41) is 4.51. The van der Waals surface area contributed by atoms with Gasteiger partial charge in [0.2, 0.25) is 5.88 Å². The molecule has 4 aromatic carbocycles. The molecule has 4 nitrogen and oxygen atoms in total. The Labute approximate surface area is 208 Å². The largest absolute Gasteiger partial charge is 0.438 e. The van der Waals surface area contributed by atoms with Gasteiger partial charge in [0.05, 0.1) is 11.0 Å². The maximum Gasteiger partial charge on any atom is 0.227 e. The van der Waals surface area contributed by atoms with Crippen LogP contribution in [-0.4, -0.2) is 14.5 Å². The molecule has 0 atom stereocenters. The van der Waals surface area contributed by atoms with Crippen LogP contribution >= 0.6 is 0 Å². The molecule has 7 aromatic rings. The summed E-state index contributed by atoms with van der Waals surface area (Å²) in [4.78, 5) is 9.13. The monoisotopic (exact) mass is 463 g/mol. The molecule has 0 saturated heterocycles. The Morgan fingerprint density at radius 2 is 1.33 bits per heavy atom. The molecule has 0 aliphatic carbocycles. The van der Waals surface area contributed by atoms with E-state index in [1.807, 2.05) is 60.8 Å². The molecule has 0 fully saturated rings. The summed E-state index contributed by atoms with van der Waals surface area (Å²) in [6.45, 7) is 0. The number of hydrogen-bond donors (Lipinski definition) is 0. The van der Waals surface area contributed by atoms with Crippen LogP contribution in [0, 0.1) is 0 Å². The van der Waals surface area contributed by atoms with Gasteiger partial charge in [0.15, 0.2) is 0 Å². The summed E-state index contributed by atoms with van der Waals surface area (Å²) in [5.41, 5.74) is 4.45. The van der Waals surface area contributed by atoms with Gasteiger partial charge in [0, 0.05) is 28.6 Å². The Bertz CT molecular complexity index is 1870. The highest BCUT2D eigenvalue weighted by Crippen LogP contribution is 2.35. The first-order chi connectivity index (χ1) is 17.8. The third kappa shape index (κ3) is 3.39. The van der Waals surface area contributed by atoms with E-state index in [0.29, 0.717) is 5.88 Å². The second kappa shape index (κ2) is 8.36. The first kappa shape index (κ1) is 20.4. The zero-order chi connectivity index (χ0) is 23.9. The lowest BCUT2D eigenvalue weighted by molar-refractivity contribution is 0.469. The molecule has 0 bridgehead atoms. The lowest BCUT2D eigenvalue weighted by Crippen LogP contribution is -1.96.